The summed E-state index contributed by atoms with van der Waals surface area (Å²) in [5, 5.41) is 6.42. The van der Waals surface area contributed by atoms with Gasteiger partial charge >= 0.3 is 0 Å². The Hall–Kier alpha value is -1.82. The molecule has 14 heavy (non-hydrogen) atoms. The molecule has 0 unspecified atom stereocenters. The Bertz CT molecular complexity index is 417. The molecule has 0 saturated heterocycles. The standard InChI is InChI=1S/C8H9N3O3/c1-13-5-9-8(12)6-4-11-7(14-6)2-3-10-11/h2-4H,5H2,1H3,(H,9,12). The summed E-state index contributed by atoms with van der Waals surface area (Å²) in [5.74, 6) is -0.109. The van der Waals surface area contributed by atoms with Crippen LogP contribution >= 0.6 is 0 Å². The van der Waals surface area contributed by atoms with Crippen LogP contribution in [0.4, 0.5) is 0 Å². The van der Waals surface area contributed by atoms with Gasteiger partial charge in [0.25, 0.3) is 5.91 Å². The molecule has 0 fully saturated rings. The largest absolute Gasteiger partial charge is 0.431 e. The van der Waals surface area contributed by atoms with Crippen molar-refractivity contribution in [1.82, 2.24) is 14.9 Å². The first kappa shape index (κ1) is 8.76. The second-order valence-electron chi connectivity index (χ2n) is 2.65. The van der Waals surface area contributed by atoms with Crippen molar-refractivity contribution < 1.29 is 13.9 Å². The average molecular weight is 195 g/mol. The highest BCUT2D eigenvalue weighted by Crippen LogP contribution is 2.07. The van der Waals surface area contributed by atoms with E-state index in [0.717, 1.165) is 0 Å². The third-order valence-corrected chi connectivity index (χ3v) is 1.69. The summed E-state index contributed by atoms with van der Waals surface area (Å²) in [7, 11) is 1.50. The van der Waals surface area contributed by atoms with Gasteiger partial charge in [-0.2, -0.15) is 5.10 Å². The lowest BCUT2D eigenvalue weighted by Gasteiger charge is -1.98. The smallest absolute Gasteiger partial charge is 0.290 e. The number of amides is 1. The van der Waals surface area contributed by atoms with Crippen LogP contribution in [0.25, 0.3) is 5.71 Å². The fourth-order valence-electron chi connectivity index (χ4n) is 1.06. The second kappa shape index (κ2) is 3.51. The van der Waals surface area contributed by atoms with Crippen LogP contribution in [0.5, 0.6) is 0 Å². The molecule has 1 amide bonds. The van der Waals surface area contributed by atoms with Crippen molar-refractivity contribution in [3.63, 3.8) is 0 Å². The number of nitrogens with one attached hydrogen (secondary N) is 1. The zero-order chi connectivity index (χ0) is 9.97. The molecule has 0 aliphatic heterocycles. The molecule has 0 aliphatic rings. The third-order valence-electron chi connectivity index (χ3n) is 1.69. The van der Waals surface area contributed by atoms with Crippen molar-refractivity contribution in [1.29, 1.82) is 0 Å². The first-order chi connectivity index (χ1) is 6.81. The molecule has 0 atom stereocenters. The van der Waals surface area contributed by atoms with Gasteiger partial charge in [0.2, 0.25) is 11.5 Å². The molecule has 6 heteroatoms. The van der Waals surface area contributed by atoms with Crippen LogP contribution < -0.4 is 5.32 Å². The highest BCUT2D eigenvalue weighted by Gasteiger charge is 2.11. The predicted molar refractivity (Wildman–Crippen MR) is 46.8 cm³/mol. The molecular weight excluding hydrogens is 186 g/mol. The van der Waals surface area contributed by atoms with E-state index in [4.69, 9.17) is 9.15 Å². The van der Waals surface area contributed by atoms with E-state index in [0.29, 0.717) is 5.71 Å². The quantitative estimate of drug-likeness (QED) is 0.713. The zero-order valence-electron chi connectivity index (χ0n) is 7.56. The maximum absolute atomic E-state index is 11.3. The molecule has 2 rings (SSSR count). The molecular formula is C8H9N3O3. The van der Waals surface area contributed by atoms with Crippen LogP contribution in [0.3, 0.4) is 0 Å². The molecule has 2 heterocycles. The number of carbonyl (C=O) groups excluding carboxylic acids is 1. The van der Waals surface area contributed by atoms with Crippen molar-refractivity contribution in [3.05, 3.63) is 24.2 Å². The first-order valence-electron chi connectivity index (χ1n) is 4.01. The summed E-state index contributed by atoms with van der Waals surface area (Å²) in [5.41, 5.74) is 0.535. The average Bonchev–Trinajstić information content (AvgIpc) is 2.72. The lowest BCUT2D eigenvalue weighted by molar-refractivity contribution is 0.0846. The van der Waals surface area contributed by atoms with Crippen molar-refractivity contribution in [2.24, 2.45) is 0 Å². The van der Waals surface area contributed by atoms with E-state index in [1.165, 1.54) is 17.8 Å². The minimum Gasteiger partial charge on any atom is -0.431 e. The van der Waals surface area contributed by atoms with Crippen LogP contribution in [0.2, 0.25) is 0 Å². The molecule has 0 radical (unpaired) electrons. The number of hydrogen-bond donors (Lipinski definition) is 1. The summed E-state index contributed by atoms with van der Waals surface area (Å²) < 4.78 is 11.4. The van der Waals surface area contributed by atoms with Gasteiger partial charge in [-0.1, -0.05) is 0 Å². The lowest BCUT2D eigenvalue weighted by Crippen LogP contribution is -2.24. The van der Waals surface area contributed by atoms with Crippen molar-refractivity contribution in [3.8, 4) is 0 Å². The monoisotopic (exact) mass is 195 g/mol. The van der Waals surface area contributed by atoms with E-state index in [9.17, 15) is 4.79 Å². The Balaban J connectivity index is 2.18. The van der Waals surface area contributed by atoms with Gasteiger partial charge in [0, 0.05) is 13.2 Å². The number of nitrogens with zero attached hydrogens (tertiary/aromatic N) is 2. The molecule has 0 bridgehead atoms. The minimum absolute atomic E-state index is 0.155. The maximum Gasteiger partial charge on any atom is 0.290 e. The van der Waals surface area contributed by atoms with Crippen molar-refractivity contribution in [2.75, 3.05) is 13.8 Å². The Morgan fingerprint density at radius 3 is 3.36 bits per heavy atom. The molecule has 0 aromatic carbocycles. The van der Waals surface area contributed by atoms with E-state index in [2.05, 4.69) is 10.4 Å². The summed E-state index contributed by atoms with van der Waals surface area (Å²) in [6.45, 7) is 0.155. The number of aromatic nitrogens is 2. The topological polar surface area (TPSA) is 68.8 Å². The Labute approximate surface area is 79.5 Å². The maximum atomic E-state index is 11.3. The Morgan fingerprint density at radius 1 is 1.79 bits per heavy atom. The van der Waals surface area contributed by atoms with Crippen molar-refractivity contribution >= 4 is 11.6 Å². The van der Waals surface area contributed by atoms with Gasteiger partial charge in [-0.25, -0.2) is 4.52 Å². The lowest BCUT2D eigenvalue weighted by atomic mass is 10.5. The van der Waals surface area contributed by atoms with Crippen LogP contribution in [-0.4, -0.2) is 29.4 Å². The highest BCUT2D eigenvalue weighted by molar-refractivity contribution is 5.91. The van der Waals surface area contributed by atoms with Crippen LogP contribution in [0.15, 0.2) is 22.9 Å². The molecule has 74 valence electrons. The summed E-state index contributed by atoms with van der Waals surface area (Å²) in [6, 6.07) is 1.67. The molecule has 0 saturated carbocycles. The van der Waals surface area contributed by atoms with Gasteiger partial charge in [0.15, 0.2) is 0 Å². The predicted octanol–water partition coefficient (Wildman–Crippen LogP) is 0.261. The van der Waals surface area contributed by atoms with E-state index in [-0.39, 0.29) is 18.4 Å². The third kappa shape index (κ3) is 1.47. The van der Waals surface area contributed by atoms with E-state index >= 15 is 0 Å². The van der Waals surface area contributed by atoms with E-state index in [1.54, 1.807) is 12.3 Å². The zero-order valence-corrected chi connectivity index (χ0v) is 7.56. The van der Waals surface area contributed by atoms with Crippen LogP contribution in [0.1, 0.15) is 10.6 Å². The Kier molecular flexibility index (Phi) is 2.19. The summed E-state index contributed by atoms with van der Waals surface area (Å²) in [4.78, 5) is 11.3. The number of hydrogen-bond acceptors (Lipinski definition) is 4. The molecule has 2 aromatic heterocycles. The van der Waals surface area contributed by atoms with Gasteiger partial charge in [-0.3, -0.25) is 4.79 Å². The summed E-state index contributed by atoms with van der Waals surface area (Å²) in [6.07, 6.45) is 3.11. The van der Waals surface area contributed by atoms with Crippen LogP contribution in [-0.2, 0) is 4.74 Å². The SMILES string of the molecule is COCNC(=O)c1cn2nccc2o1. The summed E-state index contributed by atoms with van der Waals surface area (Å²) >= 11 is 0. The molecule has 0 spiro atoms. The van der Waals surface area contributed by atoms with Crippen molar-refractivity contribution in [2.45, 2.75) is 0 Å². The molecule has 1 N–H and O–H groups in total. The molecule has 2 aromatic rings. The molecule has 0 aliphatic carbocycles. The minimum atomic E-state index is -0.322. The number of carbonyl (C=O) groups is 1. The highest BCUT2D eigenvalue weighted by atomic mass is 16.5. The fourth-order valence-corrected chi connectivity index (χ4v) is 1.06. The fraction of sp³-hybridized carbons (Fsp3) is 0.250. The van der Waals surface area contributed by atoms with Gasteiger partial charge in [-0.15, -0.1) is 0 Å². The number of ether oxygens (including phenoxy) is 1. The number of oxazole rings is 1. The van der Waals surface area contributed by atoms with E-state index < -0.39 is 0 Å². The second-order valence-corrected chi connectivity index (χ2v) is 2.65. The van der Waals surface area contributed by atoms with Gasteiger partial charge in [-0.05, 0) is 0 Å². The van der Waals surface area contributed by atoms with Gasteiger partial charge in [0.1, 0.15) is 6.73 Å². The number of fused-ring (bicyclic) bond motifs is 1. The number of methoxy groups -OCH3 is 1. The van der Waals surface area contributed by atoms with Gasteiger partial charge in [0.05, 0.1) is 12.4 Å². The Morgan fingerprint density at radius 2 is 2.64 bits per heavy atom. The molecule has 6 nitrogen and oxygen atoms in total. The van der Waals surface area contributed by atoms with Gasteiger partial charge < -0.3 is 14.5 Å². The first-order valence-corrected chi connectivity index (χ1v) is 4.01. The normalized spacial score (nSPS) is 10.6. The van der Waals surface area contributed by atoms with Crippen LogP contribution in [0, 0.1) is 0 Å². The van der Waals surface area contributed by atoms with E-state index in [1.807, 2.05) is 0 Å². The number of rotatable bonds is 3.